The van der Waals surface area contributed by atoms with Crippen molar-refractivity contribution >= 4 is 17.5 Å². The molecule has 1 aliphatic carbocycles. The molecule has 1 aliphatic rings. The molecule has 0 spiro atoms. The standard InChI is InChI=1S/C19H20ClNO2/c1-19(2)16(12-7-5-4-6-8-12)17(19)21-18(22)14-11-13(20)9-10-15(14)23-3/h4-11,16-17H,1-3H3,(H,21,22)/t16-,17+/m0/s1. The first kappa shape index (κ1) is 15.9. The average Bonchev–Trinajstić information content (AvgIpc) is 3.08. The van der Waals surface area contributed by atoms with E-state index >= 15 is 0 Å². The molecule has 2 aromatic carbocycles. The minimum Gasteiger partial charge on any atom is -0.496 e. The first-order valence-corrected chi connectivity index (χ1v) is 8.02. The number of ether oxygens (including phenoxy) is 1. The predicted molar refractivity (Wildman–Crippen MR) is 92.2 cm³/mol. The third-order valence-electron chi connectivity index (χ3n) is 4.68. The maximum absolute atomic E-state index is 12.6. The lowest BCUT2D eigenvalue weighted by Gasteiger charge is -2.10. The van der Waals surface area contributed by atoms with Crippen molar-refractivity contribution in [3.63, 3.8) is 0 Å². The minimum absolute atomic E-state index is 0.0306. The summed E-state index contributed by atoms with van der Waals surface area (Å²) in [5, 5.41) is 3.65. The molecular weight excluding hydrogens is 310 g/mol. The maximum Gasteiger partial charge on any atom is 0.255 e. The monoisotopic (exact) mass is 329 g/mol. The van der Waals surface area contributed by atoms with E-state index in [1.165, 1.54) is 5.56 Å². The number of carbonyl (C=O) groups is 1. The lowest BCUT2D eigenvalue weighted by molar-refractivity contribution is 0.0943. The van der Waals surface area contributed by atoms with E-state index in [0.717, 1.165) is 0 Å². The van der Waals surface area contributed by atoms with E-state index in [9.17, 15) is 4.79 Å². The number of rotatable bonds is 4. The van der Waals surface area contributed by atoms with Crippen molar-refractivity contribution in [2.24, 2.45) is 5.41 Å². The van der Waals surface area contributed by atoms with Crippen LogP contribution in [0.3, 0.4) is 0 Å². The minimum atomic E-state index is -0.152. The van der Waals surface area contributed by atoms with Gasteiger partial charge in [0.1, 0.15) is 5.75 Å². The molecule has 0 heterocycles. The van der Waals surface area contributed by atoms with Crippen LogP contribution < -0.4 is 10.1 Å². The van der Waals surface area contributed by atoms with E-state index in [0.29, 0.717) is 22.3 Å². The molecule has 1 saturated carbocycles. The zero-order valence-corrected chi connectivity index (χ0v) is 14.2. The van der Waals surface area contributed by atoms with E-state index < -0.39 is 0 Å². The molecule has 23 heavy (non-hydrogen) atoms. The summed E-state index contributed by atoms with van der Waals surface area (Å²) in [5.74, 6) is 0.695. The van der Waals surface area contributed by atoms with Crippen LogP contribution in [0.1, 0.15) is 35.7 Å². The van der Waals surface area contributed by atoms with Crippen molar-refractivity contribution in [1.82, 2.24) is 5.32 Å². The van der Waals surface area contributed by atoms with Crippen LogP contribution in [0.25, 0.3) is 0 Å². The summed E-state index contributed by atoms with van der Waals surface area (Å²) in [5.41, 5.74) is 1.75. The van der Waals surface area contributed by atoms with Crippen LogP contribution in [0.15, 0.2) is 48.5 Å². The van der Waals surface area contributed by atoms with E-state index in [2.05, 4.69) is 31.3 Å². The van der Waals surface area contributed by atoms with E-state index in [1.807, 2.05) is 18.2 Å². The van der Waals surface area contributed by atoms with Gasteiger partial charge in [-0.3, -0.25) is 4.79 Å². The summed E-state index contributed by atoms with van der Waals surface area (Å²) in [6.07, 6.45) is 0. The first-order valence-electron chi connectivity index (χ1n) is 7.64. The Kier molecular flexibility index (Phi) is 4.07. The van der Waals surface area contributed by atoms with Crippen LogP contribution in [-0.2, 0) is 0 Å². The van der Waals surface area contributed by atoms with Gasteiger partial charge in [0.15, 0.2) is 0 Å². The number of carbonyl (C=O) groups excluding carboxylic acids is 1. The average molecular weight is 330 g/mol. The number of benzene rings is 2. The second kappa shape index (κ2) is 5.89. The molecule has 0 saturated heterocycles. The quantitative estimate of drug-likeness (QED) is 0.909. The van der Waals surface area contributed by atoms with Crippen molar-refractivity contribution in [1.29, 1.82) is 0 Å². The molecule has 2 atom stereocenters. The van der Waals surface area contributed by atoms with Crippen molar-refractivity contribution < 1.29 is 9.53 Å². The van der Waals surface area contributed by atoms with Crippen LogP contribution in [-0.4, -0.2) is 19.1 Å². The molecule has 0 unspecified atom stereocenters. The number of halogens is 1. The summed E-state index contributed by atoms with van der Waals surface area (Å²) >= 11 is 6.02. The molecule has 3 nitrogen and oxygen atoms in total. The van der Waals surface area contributed by atoms with Gasteiger partial charge < -0.3 is 10.1 Å². The summed E-state index contributed by atoms with van der Waals surface area (Å²) < 4.78 is 5.27. The highest BCUT2D eigenvalue weighted by Crippen LogP contribution is 2.58. The Labute approximate surface area is 141 Å². The van der Waals surface area contributed by atoms with Crippen molar-refractivity contribution in [2.75, 3.05) is 7.11 Å². The fraction of sp³-hybridized carbons (Fsp3) is 0.316. The third-order valence-corrected chi connectivity index (χ3v) is 4.91. The molecule has 0 aromatic heterocycles. The van der Waals surface area contributed by atoms with Gasteiger partial charge in [0.05, 0.1) is 12.7 Å². The Bertz CT molecular complexity index is 727. The number of hydrogen-bond donors (Lipinski definition) is 1. The van der Waals surface area contributed by atoms with Gasteiger partial charge in [0.25, 0.3) is 5.91 Å². The number of methoxy groups -OCH3 is 1. The fourth-order valence-corrected chi connectivity index (χ4v) is 3.44. The number of amides is 1. The highest BCUT2D eigenvalue weighted by Gasteiger charge is 2.59. The predicted octanol–water partition coefficient (Wildman–Crippen LogP) is 4.27. The maximum atomic E-state index is 12.6. The molecule has 120 valence electrons. The fourth-order valence-electron chi connectivity index (χ4n) is 3.27. The summed E-state index contributed by atoms with van der Waals surface area (Å²) in [6, 6.07) is 15.4. The van der Waals surface area contributed by atoms with Crippen molar-refractivity contribution in [3.8, 4) is 5.75 Å². The number of nitrogens with one attached hydrogen (secondary N) is 1. The van der Waals surface area contributed by atoms with E-state index in [-0.39, 0.29) is 17.4 Å². The summed E-state index contributed by atoms with van der Waals surface area (Å²) in [7, 11) is 1.55. The lowest BCUT2D eigenvalue weighted by Crippen LogP contribution is -2.29. The smallest absolute Gasteiger partial charge is 0.255 e. The number of hydrogen-bond acceptors (Lipinski definition) is 2. The third kappa shape index (κ3) is 2.93. The van der Waals surface area contributed by atoms with Crippen LogP contribution in [0.5, 0.6) is 5.75 Å². The van der Waals surface area contributed by atoms with Gasteiger partial charge in [-0.2, -0.15) is 0 Å². The van der Waals surface area contributed by atoms with Crippen LogP contribution >= 0.6 is 11.6 Å². The highest BCUT2D eigenvalue weighted by atomic mass is 35.5. The lowest BCUT2D eigenvalue weighted by atomic mass is 10.0. The summed E-state index contributed by atoms with van der Waals surface area (Å²) in [4.78, 5) is 12.6. The van der Waals surface area contributed by atoms with Crippen LogP contribution in [0, 0.1) is 5.41 Å². The van der Waals surface area contributed by atoms with Crippen molar-refractivity contribution in [3.05, 3.63) is 64.7 Å². The Morgan fingerprint density at radius 1 is 1.17 bits per heavy atom. The van der Waals surface area contributed by atoms with Crippen LogP contribution in [0.2, 0.25) is 5.02 Å². The highest BCUT2D eigenvalue weighted by molar-refractivity contribution is 6.31. The largest absolute Gasteiger partial charge is 0.496 e. The first-order chi connectivity index (χ1) is 10.9. The van der Waals surface area contributed by atoms with E-state index in [1.54, 1.807) is 25.3 Å². The van der Waals surface area contributed by atoms with E-state index in [4.69, 9.17) is 16.3 Å². The zero-order chi connectivity index (χ0) is 16.6. The van der Waals surface area contributed by atoms with Gasteiger partial charge >= 0.3 is 0 Å². The van der Waals surface area contributed by atoms with Gasteiger partial charge in [-0.05, 0) is 29.2 Å². The molecule has 1 fully saturated rings. The Morgan fingerprint density at radius 3 is 2.52 bits per heavy atom. The molecule has 3 rings (SSSR count). The van der Waals surface area contributed by atoms with Gasteiger partial charge in [0.2, 0.25) is 0 Å². The SMILES string of the molecule is COc1ccc(Cl)cc1C(=O)N[C@@H]1[C@H](c2ccccc2)C1(C)C. The molecule has 0 radical (unpaired) electrons. The van der Waals surface area contributed by atoms with Gasteiger partial charge in [-0.15, -0.1) is 0 Å². The molecule has 1 N–H and O–H groups in total. The van der Waals surface area contributed by atoms with Gasteiger partial charge in [0, 0.05) is 17.0 Å². The van der Waals surface area contributed by atoms with Gasteiger partial charge in [-0.1, -0.05) is 55.8 Å². The molecule has 1 amide bonds. The molecular formula is C19H20ClNO2. The van der Waals surface area contributed by atoms with Gasteiger partial charge in [-0.25, -0.2) is 0 Å². The molecule has 4 heteroatoms. The Hall–Kier alpha value is -2.00. The topological polar surface area (TPSA) is 38.3 Å². The Morgan fingerprint density at radius 2 is 1.87 bits per heavy atom. The second-order valence-electron chi connectivity index (χ2n) is 6.51. The molecule has 2 aromatic rings. The normalized spacial score (nSPS) is 21.6. The zero-order valence-electron chi connectivity index (χ0n) is 13.5. The van der Waals surface area contributed by atoms with Crippen molar-refractivity contribution in [2.45, 2.75) is 25.8 Å². The molecule has 0 aliphatic heterocycles. The van der Waals surface area contributed by atoms with Crippen LogP contribution in [0.4, 0.5) is 0 Å². The Balaban J connectivity index is 1.80. The second-order valence-corrected chi connectivity index (χ2v) is 6.94. The molecule has 0 bridgehead atoms. The summed E-state index contributed by atoms with van der Waals surface area (Å²) in [6.45, 7) is 4.34.